The molecule has 0 fully saturated rings. The van der Waals surface area contributed by atoms with Crippen molar-refractivity contribution in [1.82, 2.24) is 10.6 Å². The van der Waals surface area contributed by atoms with E-state index in [2.05, 4.69) is 22.5 Å². The van der Waals surface area contributed by atoms with Gasteiger partial charge in [-0.05, 0) is 34.1 Å². The van der Waals surface area contributed by atoms with Gasteiger partial charge in [-0.15, -0.1) is 0 Å². The van der Waals surface area contributed by atoms with Gasteiger partial charge in [-0.3, -0.25) is 4.99 Å². The SMILES string of the molecule is CCCN=C(NCC)NCCS(=O)(=O)C(C)(C)C. The first-order valence-corrected chi connectivity index (χ1v) is 8.14. The smallest absolute Gasteiger partial charge is 0.191 e. The molecule has 0 aliphatic carbocycles. The van der Waals surface area contributed by atoms with Gasteiger partial charge in [-0.2, -0.15) is 0 Å². The van der Waals surface area contributed by atoms with E-state index in [0.29, 0.717) is 12.5 Å². The van der Waals surface area contributed by atoms with E-state index in [0.717, 1.165) is 19.5 Å². The molecule has 0 aromatic heterocycles. The van der Waals surface area contributed by atoms with Gasteiger partial charge in [0.2, 0.25) is 0 Å². The zero-order valence-electron chi connectivity index (χ0n) is 12.2. The molecule has 0 heterocycles. The molecule has 0 rings (SSSR count). The van der Waals surface area contributed by atoms with Crippen molar-refractivity contribution in [2.24, 2.45) is 4.99 Å². The molecule has 0 aromatic rings. The Morgan fingerprint density at radius 2 is 1.78 bits per heavy atom. The third-order valence-electron chi connectivity index (χ3n) is 2.43. The summed E-state index contributed by atoms with van der Waals surface area (Å²) in [6.45, 7) is 11.1. The Labute approximate surface area is 111 Å². The Kier molecular flexibility index (Phi) is 7.28. The van der Waals surface area contributed by atoms with Gasteiger partial charge in [0.05, 0.1) is 10.5 Å². The molecule has 18 heavy (non-hydrogen) atoms. The van der Waals surface area contributed by atoms with Crippen molar-refractivity contribution < 1.29 is 8.42 Å². The number of aliphatic imine (C=N–C) groups is 1. The first-order chi connectivity index (χ1) is 8.24. The van der Waals surface area contributed by atoms with Crippen LogP contribution in [0, 0.1) is 0 Å². The number of sulfone groups is 1. The lowest BCUT2D eigenvalue weighted by atomic mass is 10.3. The van der Waals surface area contributed by atoms with E-state index in [1.54, 1.807) is 20.8 Å². The number of nitrogens with one attached hydrogen (secondary N) is 2. The molecule has 0 atom stereocenters. The predicted molar refractivity (Wildman–Crippen MR) is 77.8 cm³/mol. The van der Waals surface area contributed by atoms with Gasteiger partial charge in [-0.1, -0.05) is 6.92 Å². The molecule has 5 nitrogen and oxygen atoms in total. The first-order valence-electron chi connectivity index (χ1n) is 6.49. The minimum atomic E-state index is -3.07. The Hall–Kier alpha value is -0.780. The van der Waals surface area contributed by atoms with Crippen LogP contribution in [0.25, 0.3) is 0 Å². The standard InChI is InChI=1S/C12H27N3O2S/c1-6-8-14-11(13-7-2)15-9-10-18(16,17)12(3,4)5/h6-10H2,1-5H3,(H2,13,14,15). The van der Waals surface area contributed by atoms with Crippen LogP contribution in [0.5, 0.6) is 0 Å². The monoisotopic (exact) mass is 277 g/mol. The lowest BCUT2D eigenvalue weighted by Gasteiger charge is -2.19. The van der Waals surface area contributed by atoms with Gasteiger partial charge in [0.25, 0.3) is 0 Å². The topological polar surface area (TPSA) is 70.6 Å². The van der Waals surface area contributed by atoms with Crippen molar-refractivity contribution in [1.29, 1.82) is 0 Å². The van der Waals surface area contributed by atoms with Crippen LogP contribution >= 0.6 is 0 Å². The van der Waals surface area contributed by atoms with Crippen LogP contribution in [0.3, 0.4) is 0 Å². The lowest BCUT2D eigenvalue weighted by molar-refractivity contribution is 0.559. The summed E-state index contributed by atoms with van der Waals surface area (Å²) >= 11 is 0. The Bertz CT molecular complexity index is 356. The van der Waals surface area contributed by atoms with Gasteiger partial charge in [-0.25, -0.2) is 8.42 Å². The number of hydrogen-bond acceptors (Lipinski definition) is 3. The van der Waals surface area contributed by atoms with Crippen molar-refractivity contribution in [2.75, 3.05) is 25.4 Å². The highest BCUT2D eigenvalue weighted by molar-refractivity contribution is 7.92. The van der Waals surface area contributed by atoms with Gasteiger partial charge in [0.1, 0.15) is 0 Å². The fraction of sp³-hybridized carbons (Fsp3) is 0.917. The Balaban J connectivity index is 4.31. The van der Waals surface area contributed by atoms with Crippen molar-refractivity contribution in [3.63, 3.8) is 0 Å². The second-order valence-corrected chi connectivity index (χ2v) is 7.98. The summed E-state index contributed by atoms with van der Waals surface area (Å²) in [5.74, 6) is 0.802. The molecule has 0 radical (unpaired) electrons. The number of guanidine groups is 1. The van der Waals surface area contributed by atoms with E-state index < -0.39 is 14.6 Å². The zero-order valence-corrected chi connectivity index (χ0v) is 13.0. The molecule has 0 saturated heterocycles. The van der Waals surface area contributed by atoms with Crippen LogP contribution < -0.4 is 10.6 Å². The summed E-state index contributed by atoms with van der Waals surface area (Å²) in [6.07, 6.45) is 0.969. The lowest BCUT2D eigenvalue weighted by Crippen LogP contribution is -2.41. The van der Waals surface area contributed by atoms with Gasteiger partial charge in [0.15, 0.2) is 15.8 Å². The molecule has 0 saturated carbocycles. The molecule has 0 aliphatic heterocycles. The van der Waals surface area contributed by atoms with Crippen molar-refractivity contribution in [3.05, 3.63) is 0 Å². The molecule has 0 bridgehead atoms. The highest BCUT2D eigenvalue weighted by atomic mass is 32.2. The number of hydrogen-bond donors (Lipinski definition) is 2. The fourth-order valence-corrected chi connectivity index (χ4v) is 2.16. The van der Waals surface area contributed by atoms with E-state index >= 15 is 0 Å². The minimum Gasteiger partial charge on any atom is -0.357 e. The summed E-state index contributed by atoms with van der Waals surface area (Å²) < 4.78 is 23.1. The van der Waals surface area contributed by atoms with Gasteiger partial charge >= 0.3 is 0 Å². The molecular weight excluding hydrogens is 250 g/mol. The second kappa shape index (κ2) is 7.61. The second-order valence-electron chi connectivity index (χ2n) is 5.12. The molecule has 0 aliphatic rings. The van der Waals surface area contributed by atoms with Crippen LogP contribution in [0.2, 0.25) is 0 Å². The van der Waals surface area contributed by atoms with Gasteiger partial charge < -0.3 is 10.6 Å². The largest absolute Gasteiger partial charge is 0.357 e. The van der Waals surface area contributed by atoms with E-state index in [4.69, 9.17) is 0 Å². The highest BCUT2D eigenvalue weighted by Crippen LogP contribution is 2.15. The molecular formula is C12H27N3O2S. The summed E-state index contributed by atoms with van der Waals surface area (Å²) in [7, 11) is -3.07. The van der Waals surface area contributed by atoms with E-state index in [1.807, 2.05) is 6.92 Å². The van der Waals surface area contributed by atoms with E-state index in [9.17, 15) is 8.42 Å². The maximum absolute atomic E-state index is 11.9. The Morgan fingerprint density at radius 3 is 2.22 bits per heavy atom. The molecule has 0 aromatic carbocycles. The van der Waals surface area contributed by atoms with Crippen LogP contribution in [-0.2, 0) is 9.84 Å². The van der Waals surface area contributed by atoms with Crippen molar-refractivity contribution >= 4 is 15.8 Å². The van der Waals surface area contributed by atoms with Gasteiger partial charge in [0, 0.05) is 19.6 Å². The highest BCUT2D eigenvalue weighted by Gasteiger charge is 2.28. The molecule has 0 spiro atoms. The maximum atomic E-state index is 11.9. The van der Waals surface area contributed by atoms with Crippen LogP contribution in [0.1, 0.15) is 41.0 Å². The molecule has 2 N–H and O–H groups in total. The third-order valence-corrected chi connectivity index (χ3v) is 5.04. The maximum Gasteiger partial charge on any atom is 0.191 e. The van der Waals surface area contributed by atoms with Crippen molar-refractivity contribution in [3.8, 4) is 0 Å². The summed E-state index contributed by atoms with van der Waals surface area (Å²) in [5.41, 5.74) is 0. The molecule has 108 valence electrons. The number of rotatable bonds is 6. The first kappa shape index (κ1) is 17.2. The Morgan fingerprint density at radius 1 is 1.17 bits per heavy atom. The number of nitrogens with zero attached hydrogens (tertiary/aromatic N) is 1. The fourth-order valence-electron chi connectivity index (χ4n) is 1.18. The third kappa shape index (κ3) is 6.23. The molecule has 0 amide bonds. The summed E-state index contributed by atoms with van der Waals surface area (Å²) in [4.78, 5) is 4.31. The van der Waals surface area contributed by atoms with E-state index in [1.165, 1.54) is 0 Å². The summed E-state index contributed by atoms with van der Waals surface area (Å²) in [6, 6.07) is 0. The molecule has 6 heteroatoms. The van der Waals surface area contributed by atoms with Crippen LogP contribution in [0.15, 0.2) is 4.99 Å². The average Bonchev–Trinajstić information content (AvgIpc) is 2.24. The molecule has 0 unspecified atom stereocenters. The average molecular weight is 277 g/mol. The predicted octanol–water partition coefficient (Wildman–Crippen LogP) is 1.16. The van der Waals surface area contributed by atoms with Crippen LogP contribution in [-0.4, -0.2) is 44.5 Å². The van der Waals surface area contributed by atoms with Crippen LogP contribution in [0.4, 0.5) is 0 Å². The minimum absolute atomic E-state index is 0.118. The summed E-state index contributed by atoms with van der Waals surface area (Å²) in [5, 5.41) is 6.13. The van der Waals surface area contributed by atoms with Crippen molar-refractivity contribution in [2.45, 2.75) is 45.8 Å². The normalized spacial score (nSPS) is 13.5. The zero-order chi connectivity index (χ0) is 14.2. The quantitative estimate of drug-likeness (QED) is 0.565. The van der Waals surface area contributed by atoms with E-state index in [-0.39, 0.29) is 5.75 Å².